The first-order chi connectivity index (χ1) is 21.7. The molecule has 0 aromatic heterocycles. The molecule has 8 heteroatoms. The summed E-state index contributed by atoms with van der Waals surface area (Å²) in [6, 6.07) is 49.4. The molecule has 6 nitrogen and oxygen atoms in total. The molecule has 1 fully saturated rings. The Hall–Kier alpha value is -3.44. The molecule has 2 N–H and O–H groups in total. The van der Waals surface area contributed by atoms with E-state index in [1.165, 1.54) is 0 Å². The first-order valence-corrected chi connectivity index (χ1v) is 17.0. The van der Waals surface area contributed by atoms with Crippen molar-refractivity contribution in [3.8, 4) is 5.75 Å². The van der Waals surface area contributed by atoms with Crippen LogP contribution in [0.15, 0.2) is 152 Å². The van der Waals surface area contributed by atoms with Gasteiger partial charge in [0.15, 0.2) is 6.10 Å². The van der Waals surface area contributed by atoms with E-state index >= 15 is 0 Å². The zero-order chi connectivity index (χ0) is 30.1. The van der Waals surface area contributed by atoms with Gasteiger partial charge in [-0.15, -0.1) is 0 Å². The van der Waals surface area contributed by atoms with Crippen molar-refractivity contribution in [3.05, 3.63) is 152 Å². The van der Waals surface area contributed by atoms with Crippen molar-refractivity contribution in [2.45, 2.75) is 30.7 Å². The fourth-order valence-corrected chi connectivity index (χ4v) is 8.85. The third-order valence-corrected chi connectivity index (χ3v) is 11.2. The van der Waals surface area contributed by atoms with Gasteiger partial charge in [0, 0.05) is 21.2 Å². The molecule has 0 aliphatic carbocycles. The molecule has 5 atom stereocenters. The van der Waals surface area contributed by atoms with Gasteiger partial charge >= 0.3 is 0 Å². The lowest BCUT2D eigenvalue weighted by Crippen LogP contribution is -2.61. The Bertz CT molecular complexity index is 1470. The maximum absolute atomic E-state index is 11.8. The molecule has 0 unspecified atom stereocenters. The molecule has 0 amide bonds. The summed E-state index contributed by atoms with van der Waals surface area (Å²) in [5, 5.41) is 26.0. The number of ether oxygens (including phenoxy) is 2. The molecule has 5 aromatic carbocycles. The molecule has 0 radical (unpaired) electrons. The number of hydrogen-bond donors (Lipinski definition) is 2. The summed E-state index contributed by atoms with van der Waals surface area (Å²) in [6.45, 7) is -0.414. The largest absolute Gasteiger partial charge is 0.462 e. The van der Waals surface area contributed by atoms with E-state index in [0.717, 1.165) is 21.2 Å². The second kappa shape index (κ2) is 15.0. The minimum absolute atomic E-state index is 0.414. The van der Waals surface area contributed by atoms with Crippen molar-refractivity contribution in [1.82, 2.24) is 0 Å². The van der Waals surface area contributed by atoms with Crippen molar-refractivity contribution in [3.63, 3.8) is 0 Å². The molecular formula is C36H34O6P2. The third-order valence-electron chi connectivity index (χ3n) is 7.21. The van der Waals surface area contributed by atoms with Gasteiger partial charge < -0.3 is 28.7 Å². The first kappa shape index (κ1) is 30.6. The molecule has 1 saturated heterocycles. The van der Waals surface area contributed by atoms with Crippen LogP contribution >= 0.6 is 16.3 Å². The topological polar surface area (TPSA) is 77.4 Å². The quantitative estimate of drug-likeness (QED) is 0.201. The van der Waals surface area contributed by atoms with E-state index in [2.05, 4.69) is 0 Å². The molecule has 224 valence electrons. The lowest BCUT2D eigenvalue weighted by molar-refractivity contribution is -0.264. The van der Waals surface area contributed by atoms with Gasteiger partial charge in [-0.05, 0) is 12.1 Å². The van der Waals surface area contributed by atoms with Gasteiger partial charge in [0.1, 0.15) is 24.1 Å². The molecule has 0 spiro atoms. The van der Waals surface area contributed by atoms with E-state index in [-0.39, 0.29) is 0 Å². The summed E-state index contributed by atoms with van der Waals surface area (Å²) in [7, 11) is -2.77. The fraction of sp³-hybridized carbons (Fsp3) is 0.167. The standard InChI is InChI=1S/C36H34O6P2/c37-26-32-33(38)34(41-43(28-18-8-2-9-19-28)29-20-10-3-11-21-29)35(36(40-32)39-27-16-6-1-7-17-27)42-44(30-22-12-4-13-23-30)31-24-14-5-15-25-31/h1-25,32-38H,26H2/t32-,33-,34+,35-,36-/m1/s1. The predicted octanol–water partition coefficient (Wildman–Crippen LogP) is 5.01. The van der Waals surface area contributed by atoms with Crippen LogP contribution in [0.2, 0.25) is 0 Å². The van der Waals surface area contributed by atoms with Crippen LogP contribution in [0.25, 0.3) is 0 Å². The van der Waals surface area contributed by atoms with E-state index in [0.29, 0.717) is 5.75 Å². The van der Waals surface area contributed by atoms with Gasteiger partial charge in [-0.3, -0.25) is 0 Å². The molecule has 1 aliphatic rings. The van der Waals surface area contributed by atoms with Gasteiger partial charge in [-0.2, -0.15) is 0 Å². The van der Waals surface area contributed by atoms with Crippen molar-refractivity contribution >= 4 is 37.5 Å². The Morgan fingerprint density at radius 3 is 1.27 bits per heavy atom. The average molecular weight is 625 g/mol. The van der Waals surface area contributed by atoms with Crippen LogP contribution in [0.4, 0.5) is 0 Å². The van der Waals surface area contributed by atoms with Gasteiger partial charge in [-0.1, -0.05) is 140 Å². The molecule has 0 bridgehead atoms. The van der Waals surface area contributed by atoms with E-state index in [9.17, 15) is 10.2 Å². The summed E-state index contributed by atoms with van der Waals surface area (Å²) in [6.07, 6.45) is -4.89. The number of aliphatic hydroxyl groups is 2. The monoisotopic (exact) mass is 624 g/mol. The van der Waals surface area contributed by atoms with Crippen LogP contribution in [0.3, 0.4) is 0 Å². The highest BCUT2D eigenvalue weighted by Crippen LogP contribution is 2.45. The molecule has 5 aromatic rings. The zero-order valence-corrected chi connectivity index (χ0v) is 25.7. The summed E-state index contributed by atoms with van der Waals surface area (Å²) < 4.78 is 26.7. The van der Waals surface area contributed by atoms with E-state index < -0.39 is 53.6 Å². The third kappa shape index (κ3) is 7.26. The summed E-state index contributed by atoms with van der Waals surface area (Å²) in [5.41, 5.74) is 0. The van der Waals surface area contributed by atoms with Crippen molar-refractivity contribution in [2.24, 2.45) is 0 Å². The predicted molar refractivity (Wildman–Crippen MR) is 177 cm³/mol. The van der Waals surface area contributed by atoms with Crippen LogP contribution in [0.1, 0.15) is 0 Å². The minimum Gasteiger partial charge on any atom is -0.462 e. The second-order valence-electron chi connectivity index (χ2n) is 10.2. The van der Waals surface area contributed by atoms with Gasteiger partial charge in [-0.25, -0.2) is 0 Å². The van der Waals surface area contributed by atoms with Crippen LogP contribution in [0, 0.1) is 0 Å². The molecular weight excluding hydrogens is 590 g/mol. The van der Waals surface area contributed by atoms with E-state index in [1.807, 2.05) is 152 Å². The summed E-state index contributed by atoms with van der Waals surface area (Å²) >= 11 is 0. The molecule has 44 heavy (non-hydrogen) atoms. The maximum Gasteiger partial charge on any atom is 0.229 e. The SMILES string of the molecule is OC[C@H]1O[C@@H](Oc2ccccc2)[C@H](OP(c2ccccc2)c2ccccc2)[C@@H](OP(c2ccccc2)c2ccccc2)[C@@H]1O. The van der Waals surface area contributed by atoms with E-state index in [4.69, 9.17) is 18.5 Å². The normalized spacial score (nSPS) is 21.8. The minimum atomic E-state index is -1.39. The zero-order valence-electron chi connectivity index (χ0n) is 23.9. The number of para-hydroxylation sites is 1. The number of hydrogen-bond acceptors (Lipinski definition) is 6. The van der Waals surface area contributed by atoms with Crippen molar-refractivity contribution in [2.75, 3.05) is 6.61 Å². The highest BCUT2D eigenvalue weighted by molar-refractivity contribution is 7.69. The Labute approximate surface area is 260 Å². The summed E-state index contributed by atoms with van der Waals surface area (Å²) in [5.74, 6) is 0.579. The fourth-order valence-electron chi connectivity index (χ4n) is 5.04. The Morgan fingerprint density at radius 1 is 0.523 bits per heavy atom. The van der Waals surface area contributed by atoms with Crippen LogP contribution in [0.5, 0.6) is 5.75 Å². The van der Waals surface area contributed by atoms with Crippen LogP contribution in [-0.4, -0.2) is 47.5 Å². The number of rotatable bonds is 11. The van der Waals surface area contributed by atoms with Gasteiger partial charge in [0.2, 0.25) is 6.29 Å². The highest BCUT2D eigenvalue weighted by Gasteiger charge is 2.50. The molecule has 1 heterocycles. The van der Waals surface area contributed by atoms with Crippen molar-refractivity contribution in [1.29, 1.82) is 0 Å². The van der Waals surface area contributed by atoms with Gasteiger partial charge in [0.05, 0.1) is 22.9 Å². The second-order valence-corrected chi connectivity index (χ2v) is 13.9. The van der Waals surface area contributed by atoms with Crippen LogP contribution in [-0.2, 0) is 13.8 Å². The lowest BCUT2D eigenvalue weighted by Gasteiger charge is -2.45. The maximum atomic E-state index is 11.8. The van der Waals surface area contributed by atoms with Crippen LogP contribution < -0.4 is 26.0 Å². The molecule has 6 rings (SSSR count). The average Bonchev–Trinajstić information content (AvgIpc) is 3.09. The Kier molecular flexibility index (Phi) is 10.4. The number of aliphatic hydroxyl groups excluding tert-OH is 2. The Morgan fingerprint density at radius 2 is 0.886 bits per heavy atom. The van der Waals surface area contributed by atoms with Gasteiger partial charge in [0.25, 0.3) is 0 Å². The molecule has 0 saturated carbocycles. The summed E-state index contributed by atoms with van der Waals surface area (Å²) in [4.78, 5) is 0. The Balaban J connectivity index is 1.44. The molecule has 1 aliphatic heterocycles. The lowest BCUT2D eigenvalue weighted by atomic mass is 9.99. The number of benzene rings is 5. The smallest absolute Gasteiger partial charge is 0.229 e. The van der Waals surface area contributed by atoms with Crippen molar-refractivity contribution < 1.29 is 28.7 Å². The van der Waals surface area contributed by atoms with E-state index in [1.54, 1.807) is 0 Å². The highest BCUT2D eigenvalue weighted by atomic mass is 31.1. The first-order valence-electron chi connectivity index (χ1n) is 14.5.